The molecule has 4 aromatic heterocycles. The molecule has 1 aliphatic rings. The summed E-state index contributed by atoms with van der Waals surface area (Å²) in [6.07, 6.45) is 9.93. The quantitative estimate of drug-likeness (QED) is 0.289. The average molecular weight is 529 g/mol. The maximum Gasteiger partial charge on any atom is 0.268 e. The molecule has 1 aliphatic heterocycles. The molecular weight excluding hydrogens is 504 g/mol. The SMILES string of the molecule is Cn1nc(C2=C(c3cn(CCCn4ccnc4)c4ccccc34)C(=O)N(c3ccccc3)C2=O)c2ccnnc21. The van der Waals surface area contributed by atoms with Gasteiger partial charge in [-0.2, -0.15) is 10.2 Å². The van der Waals surface area contributed by atoms with Crippen molar-refractivity contribution in [3.05, 3.63) is 103 Å². The Morgan fingerprint density at radius 2 is 1.62 bits per heavy atom. The summed E-state index contributed by atoms with van der Waals surface area (Å²) in [5, 5.41) is 14.4. The molecule has 0 bridgehead atoms. The highest BCUT2D eigenvalue weighted by Gasteiger charge is 2.43. The number of aromatic nitrogens is 7. The van der Waals surface area contributed by atoms with E-state index in [0.29, 0.717) is 33.6 Å². The summed E-state index contributed by atoms with van der Waals surface area (Å²) in [5.41, 5.74) is 3.73. The molecule has 40 heavy (non-hydrogen) atoms. The third-order valence-corrected chi connectivity index (χ3v) is 7.28. The lowest BCUT2D eigenvalue weighted by atomic mass is 9.98. The van der Waals surface area contributed by atoms with Gasteiger partial charge in [0.1, 0.15) is 5.69 Å². The van der Waals surface area contributed by atoms with Crippen molar-refractivity contribution < 1.29 is 9.59 Å². The lowest BCUT2D eigenvalue weighted by molar-refractivity contribution is -0.119. The zero-order valence-electron chi connectivity index (χ0n) is 21.7. The maximum absolute atomic E-state index is 14.2. The van der Waals surface area contributed by atoms with Crippen molar-refractivity contribution in [1.29, 1.82) is 0 Å². The summed E-state index contributed by atoms with van der Waals surface area (Å²) in [5.74, 6) is -0.798. The largest absolute Gasteiger partial charge is 0.347 e. The summed E-state index contributed by atoms with van der Waals surface area (Å²) in [7, 11) is 1.75. The monoisotopic (exact) mass is 528 g/mol. The molecule has 0 spiro atoms. The van der Waals surface area contributed by atoms with Crippen LogP contribution in [0, 0.1) is 0 Å². The van der Waals surface area contributed by atoms with Gasteiger partial charge in [-0.05, 0) is 30.7 Å². The van der Waals surface area contributed by atoms with E-state index in [1.165, 1.54) is 4.90 Å². The number of anilines is 1. The highest BCUT2D eigenvalue weighted by molar-refractivity contribution is 6.58. The van der Waals surface area contributed by atoms with Crippen molar-refractivity contribution in [2.75, 3.05) is 4.90 Å². The third-order valence-electron chi connectivity index (χ3n) is 7.28. The molecule has 10 nitrogen and oxygen atoms in total. The van der Waals surface area contributed by atoms with E-state index < -0.39 is 5.91 Å². The Morgan fingerprint density at radius 1 is 0.825 bits per heavy atom. The van der Waals surface area contributed by atoms with Gasteiger partial charge >= 0.3 is 0 Å². The van der Waals surface area contributed by atoms with Crippen LogP contribution in [-0.2, 0) is 29.7 Å². The zero-order chi connectivity index (χ0) is 27.2. The molecule has 2 amide bonds. The second kappa shape index (κ2) is 9.42. The summed E-state index contributed by atoms with van der Waals surface area (Å²) in [6, 6.07) is 18.7. The van der Waals surface area contributed by atoms with Crippen LogP contribution in [-0.4, -0.2) is 45.9 Å². The molecule has 5 heterocycles. The number of aryl methyl sites for hydroxylation is 3. The third kappa shape index (κ3) is 3.72. The fraction of sp³-hybridized carbons (Fsp3) is 0.133. The van der Waals surface area contributed by atoms with E-state index in [9.17, 15) is 9.59 Å². The van der Waals surface area contributed by atoms with E-state index in [-0.39, 0.29) is 11.5 Å². The highest BCUT2D eigenvalue weighted by Crippen LogP contribution is 2.42. The number of hydrogen-bond acceptors (Lipinski definition) is 6. The number of imidazole rings is 1. The maximum atomic E-state index is 14.2. The van der Waals surface area contributed by atoms with Crippen LogP contribution in [0.15, 0.2) is 91.8 Å². The van der Waals surface area contributed by atoms with E-state index in [2.05, 4.69) is 24.8 Å². The topological polar surface area (TPSA) is 104 Å². The first-order valence-corrected chi connectivity index (χ1v) is 13.0. The van der Waals surface area contributed by atoms with Gasteiger partial charge in [0.05, 0.1) is 34.7 Å². The first-order valence-electron chi connectivity index (χ1n) is 13.0. The van der Waals surface area contributed by atoms with Gasteiger partial charge in [-0.15, -0.1) is 5.10 Å². The predicted molar refractivity (Wildman–Crippen MR) is 151 cm³/mol. The van der Waals surface area contributed by atoms with Gasteiger partial charge < -0.3 is 9.13 Å². The molecular formula is C30H24N8O2. The van der Waals surface area contributed by atoms with Crippen molar-refractivity contribution in [1.82, 2.24) is 34.1 Å². The Morgan fingerprint density at radius 3 is 2.45 bits per heavy atom. The Bertz CT molecular complexity index is 1930. The van der Waals surface area contributed by atoms with Crippen LogP contribution in [0.4, 0.5) is 5.69 Å². The molecule has 0 fully saturated rings. The molecule has 0 aliphatic carbocycles. The van der Waals surface area contributed by atoms with Crippen molar-refractivity contribution in [3.63, 3.8) is 0 Å². The van der Waals surface area contributed by atoms with Crippen LogP contribution in [0.5, 0.6) is 0 Å². The van der Waals surface area contributed by atoms with Gasteiger partial charge in [0.15, 0.2) is 5.65 Å². The molecule has 10 heteroatoms. The van der Waals surface area contributed by atoms with Crippen molar-refractivity contribution in [2.45, 2.75) is 19.5 Å². The average Bonchev–Trinajstić information content (AvgIpc) is 3.75. The van der Waals surface area contributed by atoms with Crippen LogP contribution in [0.25, 0.3) is 33.1 Å². The van der Waals surface area contributed by atoms with Crippen LogP contribution >= 0.6 is 0 Å². The van der Waals surface area contributed by atoms with E-state index in [4.69, 9.17) is 0 Å². The Balaban J connectivity index is 1.42. The Labute approximate surface area is 228 Å². The van der Waals surface area contributed by atoms with Crippen LogP contribution in [0.3, 0.4) is 0 Å². The van der Waals surface area contributed by atoms with Crippen LogP contribution < -0.4 is 4.90 Å². The van der Waals surface area contributed by atoms with Crippen molar-refractivity contribution >= 4 is 50.6 Å². The predicted octanol–water partition coefficient (Wildman–Crippen LogP) is 4.09. The lowest BCUT2D eigenvalue weighted by Crippen LogP contribution is -2.31. The number of rotatable bonds is 7. The molecule has 2 aromatic carbocycles. The molecule has 0 saturated heterocycles. The first kappa shape index (κ1) is 23.7. The summed E-state index contributed by atoms with van der Waals surface area (Å²) in [6.45, 7) is 1.55. The number of nitrogens with zero attached hydrogens (tertiary/aromatic N) is 8. The second-order valence-corrected chi connectivity index (χ2v) is 9.68. The Hall–Kier alpha value is -5.38. The second-order valence-electron chi connectivity index (χ2n) is 9.68. The number of carbonyl (C=O) groups is 2. The normalized spacial score (nSPS) is 13.9. The molecule has 0 unspecified atom stereocenters. The molecule has 0 atom stereocenters. The van der Waals surface area contributed by atoms with Gasteiger partial charge in [0.25, 0.3) is 11.8 Å². The van der Waals surface area contributed by atoms with E-state index in [1.807, 2.05) is 59.4 Å². The van der Waals surface area contributed by atoms with Gasteiger partial charge in [0, 0.05) is 55.2 Å². The van der Waals surface area contributed by atoms with Crippen LogP contribution in [0.1, 0.15) is 17.7 Å². The fourth-order valence-electron chi connectivity index (χ4n) is 5.47. The van der Waals surface area contributed by atoms with Crippen LogP contribution in [0.2, 0.25) is 0 Å². The molecule has 0 radical (unpaired) electrons. The summed E-state index contributed by atoms with van der Waals surface area (Å²) in [4.78, 5) is 33.7. The van der Waals surface area contributed by atoms with Gasteiger partial charge in [-0.3, -0.25) is 9.59 Å². The molecule has 6 aromatic rings. The Kier molecular flexibility index (Phi) is 5.59. The number of carbonyl (C=O) groups excluding carboxylic acids is 2. The minimum absolute atomic E-state index is 0.258. The number of imide groups is 1. The molecule has 196 valence electrons. The number of benzene rings is 2. The fourth-order valence-corrected chi connectivity index (χ4v) is 5.47. The smallest absolute Gasteiger partial charge is 0.268 e. The highest BCUT2D eigenvalue weighted by atomic mass is 16.2. The van der Waals surface area contributed by atoms with E-state index in [1.54, 1.807) is 48.6 Å². The molecule has 0 N–H and O–H groups in total. The minimum Gasteiger partial charge on any atom is -0.347 e. The number of amides is 2. The van der Waals surface area contributed by atoms with Crippen molar-refractivity contribution in [3.8, 4) is 0 Å². The van der Waals surface area contributed by atoms with E-state index >= 15 is 0 Å². The number of fused-ring (bicyclic) bond motifs is 2. The molecule has 7 rings (SSSR count). The van der Waals surface area contributed by atoms with Gasteiger partial charge in [0.2, 0.25) is 0 Å². The van der Waals surface area contributed by atoms with Gasteiger partial charge in [-0.1, -0.05) is 36.4 Å². The summed E-state index contributed by atoms with van der Waals surface area (Å²) < 4.78 is 5.78. The van der Waals surface area contributed by atoms with E-state index in [0.717, 1.165) is 30.4 Å². The van der Waals surface area contributed by atoms with Crippen molar-refractivity contribution in [2.24, 2.45) is 7.05 Å². The summed E-state index contributed by atoms with van der Waals surface area (Å²) >= 11 is 0. The lowest BCUT2D eigenvalue weighted by Gasteiger charge is -2.14. The van der Waals surface area contributed by atoms with Gasteiger partial charge in [-0.25, -0.2) is 14.6 Å². The standard InChI is InChI=1S/C30H24N8O2/c1-35-28-22(12-13-32-33-28)27(34-35)26-25(29(39)38(30(26)40)20-8-3-2-4-9-20)23-18-37(24-11-6-5-10-21(23)24)16-7-15-36-17-14-31-19-36/h2-6,8-14,17-19H,7,15-16H2,1H3. The number of para-hydroxylation sites is 2. The number of hydrogen-bond donors (Lipinski definition) is 0. The minimum atomic E-state index is -0.417. The zero-order valence-corrected chi connectivity index (χ0v) is 21.7. The molecule has 0 saturated carbocycles. The first-order chi connectivity index (χ1) is 19.6.